The molecular formula is C15H10BrClN2OS. The molecule has 0 saturated carbocycles. The summed E-state index contributed by atoms with van der Waals surface area (Å²) in [7, 11) is 0. The van der Waals surface area contributed by atoms with Gasteiger partial charge >= 0.3 is 0 Å². The SMILES string of the molecule is N#Cc1c(NC(=O)c2ccc(Cl)cc2Br)sc2c1CCC2. The molecule has 3 nitrogen and oxygen atoms in total. The topological polar surface area (TPSA) is 52.9 Å². The molecule has 0 aliphatic heterocycles. The number of hydrogen-bond donors (Lipinski definition) is 1. The number of carbonyl (C=O) groups excluding carboxylic acids is 1. The first kappa shape index (κ1) is 14.6. The molecule has 3 rings (SSSR count). The van der Waals surface area contributed by atoms with Gasteiger partial charge in [0, 0.05) is 14.4 Å². The Labute approximate surface area is 139 Å². The highest BCUT2D eigenvalue weighted by atomic mass is 79.9. The molecule has 0 atom stereocenters. The van der Waals surface area contributed by atoms with Crippen molar-refractivity contribution in [2.75, 3.05) is 5.32 Å². The van der Waals surface area contributed by atoms with Crippen molar-refractivity contribution in [3.8, 4) is 6.07 Å². The number of rotatable bonds is 2. The minimum absolute atomic E-state index is 0.241. The quantitative estimate of drug-likeness (QED) is 0.814. The molecule has 0 fully saturated rings. The van der Waals surface area contributed by atoms with Crippen LogP contribution in [0.2, 0.25) is 5.02 Å². The normalized spacial score (nSPS) is 12.8. The van der Waals surface area contributed by atoms with Crippen molar-refractivity contribution in [3.63, 3.8) is 0 Å². The van der Waals surface area contributed by atoms with Gasteiger partial charge < -0.3 is 5.32 Å². The minimum Gasteiger partial charge on any atom is -0.312 e. The van der Waals surface area contributed by atoms with Crippen molar-refractivity contribution in [1.82, 2.24) is 0 Å². The lowest BCUT2D eigenvalue weighted by atomic mass is 10.1. The molecule has 106 valence electrons. The molecule has 0 radical (unpaired) electrons. The van der Waals surface area contributed by atoms with Crippen molar-refractivity contribution in [2.24, 2.45) is 0 Å². The number of anilines is 1. The molecule has 0 bridgehead atoms. The van der Waals surface area contributed by atoms with Crippen LogP contribution >= 0.6 is 38.9 Å². The zero-order valence-electron chi connectivity index (χ0n) is 10.9. The van der Waals surface area contributed by atoms with Gasteiger partial charge in [-0.3, -0.25) is 4.79 Å². The van der Waals surface area contributed by atoms with Gasteiger partial charge in [-0.1, -0.05) is 11.6 Å². The number of amides is 1. The van der Waals surface area contributed by atoms with E-state index in [1.54, 1.807) is 18.2 Å². The molecule has 6 heteroatoms. The number of nitrogens with zero attached hydrogens (tertiary/aromatic N) is 1. The van der Waals surface area contributed by atoms with Crippen molar-refractivity contribution in [2.45, 2.75) is 19.3 Å². The molecular weight excluding hydrogens is 372 g/mol. The van der Waals surface area contributed by atoms with E-state index in [2.05, 4.69) is 27.3 Å². The lowest BCUT2D eigenvalue weighted by molar-refractivity contribution is 0.102. The Morgan fingerprint density at radius 3 is 2.95 bits per heavy atom. The Morgan fingerprint density at radius 1 is 1.43 bits per heavy atom. The average Bonchev–Trinajstić information content (AvgIpc) is 2.98. The average molecular weight is 382 g/mol. The Hall–Kier alpha value is -1.35. The number of benzene rings is 1. The Morgan fingerprint density at radius 2 is 2.24 bits per heavy atom. The summed E-state index contributed by atoms with van der Waals surface area (Å²) in [6.07, 6.45) is 3.01. The maximum absolute atomic E-state index is 12.4. The van der Waals surface area contributed by atoms with Crippen LogP contribution in [0.3, 0.4) is 0 Å². The van der Waals surface area contributed by atoms with Crippen LogP contribution in [-0.2, 0) is 12.8 Å². The number of halogens is 2. The molecule has 1 aliphatic carbocycles. The highest BCUT2D eigenvalue weighted by Gasteiger charge is 2.23. The smallest absolute Gasteiger partial charge is 0.257 e. The lowest BCUT2D eigenvalue weighted by Gasteiger charge is -2.06. The van der Waals surface area contributed by atoms with E-state index in [9.17, 15) is 10.1 Å². The number of hydrogen-bond acceptors (Lipinski definition) is 3. The van der Waals surface area contributed by atoms with Crippen LogP contribution in [0.25, 0.3) is 0 Å². The summed E-state index contributed by atoms with van der Waals surface area (Å²) in [5.41, 5.74) is 2.22. The van der Waals surface area contributed by atoms with Gasteiger partial charge in [-0.05, 0) is 59.0 Å². The van der Waals surface area contributed by atoms with Crippen LogP contribution in [0.4, 0.5) is 5.00 Å². The fourth-order valence-corrected chi connectivity index (χ4v) is 4.55. The van der Waals surface area contributed by atoms with Crippen LogP contribution in [0.15, 0.2) is 22.7 Å². The van der Waals surface area contributed by atoms with Gasteiger partial charge in [0.1, 0.15) is 11.1 Å². The number of fused-ring (bicyclic) bond motifs is 1. The van der Waals surface area contributed by atoms with Crippen LogP contribution in [0.5, 0.6) is 0 Å². The third kappa shape index (κ3) is 2.71. The van der Waals surface area contributed by atoms with Gasteiger partial charge in [-0.2, -0.15) is 5.26 Å². The molecule has 0 spiro atoms. The van der Waals surface area contributed by atoms with Crippen LogP contribution < -0.4 is 5.32 Å². The minimum atomic E-state index is -0.241. The van der Waals surface area contributed by atoms with E-state index in [0.717, 1.165) is 24.8 Å². The second-order valence-corrected chi connectivity index (χ2v) is 7.15. The predicted octanol–water partition coefficient (Wildman–Crippen LogP) is 4.78. The molecule has 0 saturated heterocycles. The monoisotopic (exact) mass is 380 g/mol. The molecule has 1 aromatic heterocycles. The summed E-state index contributed by atoms with van der Waals surface area (Å²) in [6, 6.07) is 7.23. The maximum atomic E-state index is 12.4. The molecule has 21 heavy (non-hydrogen) atoms. The van der Waals surface area contributed by atoms with Crippen molar-refractivity contribution in [3.05, 3.63) is 49.3 Å². The summed E-state index contributed by atoms with van der Waals surface area (Å²) in [4.78, 5) is 13.6. The highest BCUT2D eigenvalue weighted by molar-refractivity contribution is 9.10. The predicted molar refractivity (Wildman–Crippen MR) is 88.2 cm³/mol. The van der Waals surface area contributed by atoms with Crippen molar-refractivity contribution >= 4 is 49.8 Å². The largest absolute Gasteiger partial charge is 0.312 e. The van der Waals surface area contributed by atoms with E-state index in [1.807, 2.05) is 0 Å². The van der Waals surface area contributed by atoms with Gasteiger partial charge in [0.2, 0.25) is 0 Å². The zero-order valence-corrected chi connectivity index (χ0v) is 14.0. The van der Waals surface area contributed by atoms with E-state index in [4.69, 9.17) is 11.6 Å². The van der Waals surface area contributed by atoms with E-state index in [-0.39, 0.29) is 5.91 Å². The third-order valence-corrected chi connectivity index (χ3v) is 5.53. The first-order chi connectivity index (χ1) is 10.1. The van der Waals surface area contributed by atoms with E-state index >= 15 is 0 Å². The number of carbonyl (C=O) groups is 1. The molecule has 0 unspecified atom stereocenters. The van der Waals surface area contributed by atoms with Gasteiger partial charge in [-0.25, -0.2) is 0 Å². The highest BCUT2D eigenvalue weighted by Crippen LogP contribution is 2.38. The van der Waals surface area contributed by atoms with E-state index in [1.165, 1.54) is 16.2 Å². The van der Waals surface area contributed by atoms with E-state index < -0.39 is 0 Å². The van der Waals surface area contributed by atoms with Gasteiger partial charge in [0.25, 0.3) is 5.91 Å². The van der Waals surface area contributed by atoms with E-state index in [0.29, 0.717) is 25.6 Å². The lowest BCUT2D eigenvalue weighted by Crippen LogP contribution is -2.12. The fourth-order valence-electron chi connectivity index (χ4n) is 2.45. The zero-order chi connectivity index (χ0) is 15.0. The number of nitrogens with one attached hydrogen (secondary N) is 1. The first-order valence-electron chi connectivity index (χ1n) is 6.41. The van der Waals surface area contributed by atoms with Crippen LogP contribution in [0.1, 0.15) is 32.8 Å². The molecule has 1 aliphatic rings. The third-order valence-electron chi connectivity index (χ3n) is 3.44. The molecule has 2 aromatic rings. The van der Waals surface area contributed by atoms with Gasteiger partial charge in [0.15, 0.2) is 0 Å². The van der Waals surface area contributed by atoms with Crippen LogP contribution in [-0.4, -0.2) is 5.91 Å². The summed E-state index contributed by atoms with van der Waals surface area (Å²) < 4.78 is 0.634. The summed E-state index contributed by atoms with van der Waals surface area (Å²) in [5.74, 6) is -0.241. The first-order valence-corrected chi connectivity index (χ1v) is 8.40. The van der Waals surface area contributed by atoms with Crippen molar-refractivity contribution < 1.29 is 4.79 Å². The Balaban J connectivity index is 1.91. The summed E-state index contributed by atoms with van der Waals surface area (Å²) in [5, 5.41) is 13.4. The Kier molecular flexibility index (Phi) is 4.03. The molecule has 1 heterocycles. The molecule has 1 amide bonds. The maximum Gasteiger partial charge on any atom is 0.257 e. The molecule has 1 N–H and O–H groups in total. The fraction of sp³-hybridized carbons (Fsp3) is 0.200. The van der Waals surface area contributed by atoms with Gasteiger partial charge in [0.05, 0.1) is 11.1 Å². The van der Waals surface area contributed by atoms with Crippen LogP contribution in [0, 0.1) is 11.3 Å². The molecule has 1 aromatic carbocycles. The standard InChI is InChI=1S/C15H10BrClN2OS/c16-12-6-8(17)4-5-10(12)14(20)19-15-11(7-18)9-2-1-3-13(9)21-15/h4-6H,1-3H2,(H,19,20). The number of aryl methyl sites for hydroxylation is 1. The summed E-state index contributed by atoms with van der Waals surface area (Å²) >= 11 is 10.7. The van der Waals surface area contributed by atoms with Gasteiger partial charge in [-0.15, -0.1) is 11.3 Å². The Bertz CT molecular complexity index is 779. The second-order valence-electron chi connectivity index (χ2n) is 4.75. The number of thiophene rings is 1. The number of nitriles is 1. The second kappa shape index (κ2) is 5.80. The van der Waals surface area contributed by atoms with Crippen molar-refractivity contribution in [1.29, 1.82) is 5.26 Å². The summed E-state index contributed by atoms with van der Waals surface area (Å²) in [6.45, 7) is 0.